The Kier molecular flexibility index (Phi) is 5.03. The first kappa shape index (κ1) is 18.5. The Morgan fingerprint density at radius 1 is 1.25 bits per heavy atom. The number of benzene rings is 1. The zero-order valence-corrected chi connectivity index (χ0v) is 16.3. The fourth-order valence-corrected chi connectivity index (χ4v) is 4.03. The number of fused-ring (bicyclic) bond motifs is 1. The molecule has 4 rings (SSSR count). The number of carbonyl (C=O) groups excluding carboxylic acids is 1. The lowest BCUT2D eigenvalue weighted by molar-refractivity contribution is -0.136. The smallest absolute Gasteiger partial charge is 0.225 e. The number of hydrogen-bond acceptors (Lipinski definition) is 4. The minimum atomic E-state index is -0.101. The molecule has 0 N–H and O–H groups in total. The molecule has 0 bridgehead atoms. The summed E-state index contributed by atoms with van der Waals surface area (Å²) in [5.41, 5.74) is 0.657. The van der Waals surface area contributed by atoms with Gasteiger partial charge in [0.15, 0.2) is 0 Å². The van der Waals surface area contributed by atoms with Gasteiger partial charge >= 0.3 is 0 Å². The van der Waals surface area contributed by atoms with E-state index in [2.05, 4.69) is 12.0 Å². The number of piperidine rings is 1. The molecule has 6 nitrogen and oxygen atoms in total. The average molecular weight is 379 g/mol. The number of para-hydroxylation sites is 1. The Morgan fingerprint density at radius 2 is 2.07 bits per heavy atom. The van der Waals surface area contributed by atoms with Crippen LogP contribution in [0.4, 0.5) is 0 Å². The molecule has 0 aliphatic carbocycles. The average Bonchev–Trinajstić information content (AvgIpc) is 3.14. The van der Waals surface area contributed by atoms with Crippen molar-refractivity contribution < 1.29 is 9.21 Å². The summed E-state index contributed by atoms with van der Waals surface area (Å²) in [6.45, 7) is 5.33. The highest BCUT2D eigenvalue weighted by molar-refractivity contribution is 5.79. The van der Waals surface area contributed by atoms with Crippen LogP contribution in [0, 0.1) is 12.8 Å². The van der Waals surface area contributed by atoms with E-state index >= 15 is 0 Å². The van der Waals surface area contributed by atoms with Crippen LogP contribution >= 0.6 is 0 Å². The molecule has 3 aromatic rings. The number of carbonyl (C=O) groups is 1. The van der Waals surface area contributed by atoms with Crippen LogP contribution in [-0.4, -0.2) is 27.1 Å². The van der Waals surface area contributed by atoms with Crippen LogP contribution in [0.3, 0.4) is 0 Å². The molecule has 1 amide bonds. The van der Waals surface area contributed by atoms with E-state index in [0.29, 0.717) is 24.3 Å². The molecule has 1 aliphatic rings. The van der Waals surface area contributed by atoms with Crippen molar-refractivity contribution in [3.63, 3.8) is 0 Å². The van der Waals surface area contributed by atoms with Gasteiger partial charge in [0.05, 0.1) is 24.3 Å². The van der Waals surface area contributed by atoms with Crippen LogP contribution in [-0.2, 0) is 11.3 Å². The molecule has 2 aromatic heterocycles. The van der Waals surface area contributed by atoms with E-state index in [1.165, 1.54) is 6.20 Å². The quantitative estimate of drug-likeness (QED) is 0.693. The highest BCUT2D eigenvalue weighted by Gasteiger charge is 2.32. The first-order valence-electron chi connectivity index (χ1n) is 9.83. The Bertz CT molecular complexity index is 1050. The molecule has 1 saturated heterocycles. The lowest BCUT2D eigenvalue weighted by atomic mass is 9.91. The van der Waals surface area contributed by atoms with Crippen molar-refractivity contribution in [3.05, 3.63) is 64.3 Å². The standard InChI is InChI=1S/C22H25N3O3/c1-15-9-11-24(19(13-15)21-8-7-16(2)28-21)22(27)10-12-25-18-6-4-3-5-17(18)20(26)14-23-25/h3-8,14-15,19H,9-13H2,1-2H3/t15-,19+/m1/s1. The van der Waals surface area contributed by atoms with Gasteiger partial charge < -0.3 is 9.32 Å². The molecule has 0 unspecified atom stereocenters. The zero-order chi connectivity index (χ0) is 19.7. The molecular weight excluding hydrogens is 354 g/mol. The summed E-state index contributed by atoms with van der Waals surface area (Å²) in [5, 5.41) is 4.86. The van der Waals surface area contributed by atoms with E-state index in [9.17, 15) is 9.59 Å². The molecule has 1 aromatic carbocycles. The third-order valence-corrected chi connectivity index (χ3v) is 5.57. The largest absolute Gasteiger partial charge is 0.464 e. The van der Waals surface area contributed by atoms with Crippen LogP contribution in [0.15, 0.2) is 51.8 Å². The normalized spacial score (nSPS) is 19.9. The highest BCUT2D eigenvalue weighted by Crippen LogP contribution is 2.35. The summed E-state index contributed by atoms with van der Waals surface area (Å²) in [4.78, 5) is 27.0. The predicted octanol–water partition coefficient (Wildman–Crippen LogP) is 3.69. The van der Waals surface area contributed by atoms with Crippen molar-refractivity contribution in [3.8, 4) is 0 Å². The summed E-state index contributed by atoms with van der Waals surface area (Å²) < 4.78 is 7.58. The number of hydrogen-bond donors (Lipinski definition) is 0. The predicted molar refractivity (Wildman–Crippen MR) is 107 cm³/mol. The van der Waals surface area contributed by atoms with Gasteiger partial charge in [-0.15, -0.1) is 0 Å². The van der Waals surface area contributed by atoms with Crippen molar-refractivity contribution in [2.45, 2.75) is 45.7 Å². The molecule has 0 spiro atoms. The van der Waals surface area contributed by atoms with E-state index in [1.54, 1.807) is 10.7 Å². The summed E-state index contributed by atoms with van der Waals surface area (Å²) in [6, 6.07) is 11.3. The van der Waals surface area contributed by atoms with Crippen LogP contribution in [0.1, 0.15) is 43.7 Å². The van der Waals surface area contributed by atoms with Crippen molar-refractivity contribution >= 4 is 16.8 Å². The molecule has 146 valence electrons. The third kappa shape index (κ3) is 3.59. The molecule has 6 heteroatoms. The molecule has 1 aliphatic heterocycles. The van der Waals surface area contributed by atoms with Gasteiger partial charge in [-0.2, -0.15) is 5.10 Å². The van der Waals surface area contributed by atoms with Crippen LogP contribution in [0.2, 0.25) is 0 Å². The number of aromatic nitrogens is 2. The number of furan rings is 1. The number of amides is 1. The lowest BCUT2D eigenvalue weighted by Crippen LogP contribution is -2.40. The molecule has 1 fully saturated rings. The number of aryl methyl sites for hydroxylation is 2. The monoisotopic (exact) mass is 379 g/mol. The summed E-state index contributed by atoms with van der Waals surface area (Å²) in [5.74, 6) is 2.38. The topological polar surface area (TPSA) is 68.3 Å². The minimum absolute atomic E-state index is 0.0105. The maximum Gasteiger partial charge on any atom is 0.225 e. The van der Waals surface area contributed by atoms with E-state index in [1.807, 2.05) is 42.2 Å². The molecule has 0 saturated carbocycles. The van der Waals surface area contributed by atoms with Gasteiger partial charge in [-0.05, 0) is 49.9 Å². The molecule has 0 radical (unpaired) electrons. The van der Waals surface area contributed by atoms with Crippen molar-refractivity contribution in [1.29, 1.82) is 0 Å². The minimum Gasteiger partial charge on any atom is -0.464 e. The SMILES string of the molecule is Cc1ccc([C@@H]2C[C@H](C)CCN2C(=O)CCn2ncc(=O)c3ccccc32)o1. The van der Waals surface area contributed by atoms with Gasteiger partial charge in [0.1, 0.15) is 11.5 Å². The maximum atomic E-state index is 13.1. The summed E-state index contributed by atoms with van der Waals surface area (Å²) >= 11 is 0. The van der Waals surface area contributed by atoms with Crippen molar-refractivity contribution in [2.24, 2.45) is 5.92 Å². The summed E-state index contributed by atoms with van der Waals surface area (Å²) in [6.07, 6.45) is 3.58. The van der Waals surface area contributed by atoms with E-state index in [4.69, 9.17) is 4.42 Å². The van der Waals surface area contributed by atoms with Gasteiger partial charge in [-0.1, -0.05) is 19.1 Å². The third-order valence-electron chi connectivity index (χ3n) is 5.57. The molecular formula is C22H25N3O3. The second-order valence-corrected chi connectivity index (χ2v) is 7.68. The Labute approximate surface area is 163 Å². The van der Waals surface area contributed by atoms with Crippen LogP contribution in [0.5, 0.6) is 0 Å². The maximum absolute atomic E-state index is 13.1. The number of rotatable bonds is 4. The number of likely N-dealkylation sites (tertiary alicyclic amines) is 1. The molecule has 2 atom stereocenters. The van der Waals surface area contributed by atoms with Crippen LogP contribution < -0.4 is 5.43 Å². The molecule has 3 heterocycles. The zero-order valence-electron chi connectivity index (χ0n) is 16.3. The number of nitrogens with zero attached hydrogens (tertiary/aromatic N) is 3. The summed E-state index contributed by atoms with van der Waals surface area (Å²) in [7, 11) is 0. The fourth-order valence-electron chi connectivity index (χ4n) is 4.03. The fraction of sp³-hybridized carbons (Fsp3) is 0.409. The second kappa shape index (κ2) is 7.62. The van der Waals surface area contributed by atoms with Gasteiger partial charge in [-0.25, -0.2) is 0 Å². The van der Waals surface area contributed by atoms with Gasteiger partial charge in [-0.3, -0.25) is 14.3 Å². The van der Waals surface area contributed by atoms with E-state index in [0.717, 1.165) is 36.4 Å². The van der Waals surface area contributed by atoms with E-state index < -0.39 is 0 Å². The van der Waals surface area contributed by atoms with Crippen LogP contribution in [0.25, 0.3) is 10.9 Å². The van der Waals surface area contributed by atoms with Gasteiger partial charge in [0.2, 0.25) is 11.3 Å². The first-order valence-corrected chi connectivity index (χ1v) is 9.83. The van der Waals surface area contributed by atoms with Crippen molar-refractivity contribution in [1.82, 2.24) is 14.7 Å². The first-order chi connectivity index (χ1) is 13.5. The van der Waals surface area contributed by atoms with E-state index in [-0.39, 0.29) is 17.4 Å². The Balaban J connectivity index is 1.53. The van der Waals surface area contributed by atoms with Gasteiger partial charge in [0, 0.05) is 18.4 Å². The van der Waals surface area contributed by atoms with Gasteiger partial charge in [0.25, 0.3) is 0 Å². The second-order valence-electron chi connectivity index (χ2n) is 7.68. The van der Waals surface area contributed by atoms with Crippen molar-refractivity contribution in [2.75, 3.05) is 6.54 Å². The highest BCUT2D eigenvalue weighted by atomic mass is 16.3. The Hall–Kier alpha value is -2.89. The molecule has 28 heavy (non-hydrogen) atoms. The Morgan fingerprint density at radius 3 is 2.86 bits per heavy atom. The lowest BCUT2D eigenvalue weighted by Gasteiger charge is -2.37.